The minimum absolute atomic E-state index is 0.278. The molecule has 2 heterocycles. The standard InChI is InChI=1S/C19H21N5O4S/c1-10-5-6-13(28-4)11(2)16(10)22-17(25)14-9-20-19(29-14)21-15-7-8-24(23-15)12(3)18(26)27/h5-9,12H,1-4H3,(H,22,25)(H,26,27)(H,20,21,23). The zero-order chi connectivity index (χ0) is 21.1. The van der Waals surface area contributed by atoms with E-state index in [2.05, 4.69) is 20.7 Å². The average Bonchev–Trinajstić information content (AvgIpc) is 3.34. The topological polar surface area (TPSA) is 118 Å². The Labute approximate surface area is 171 Å². The van der Waals surface area contributed by atoms with Crippen LogP contribution in [0.5, 0.6) is 5.75 Å². The molecule has 1 unspecified atom stereocenters. The molecule has 0 fully saturated rings. The molecule has 10 heteroatoms. The SMILES string of the molecule is COc1ccc(C)c(NC(=O)c2cnc(Nc3ccn(C(C)C(=O)O)n3)s2)c1C. The largest absolute Gasteiger partial charge is 0.496 e. The van der Waals surface area contributed by atoms with E-state index in [1.165, 1.54) is 29.1 Å². The van der Waals surface area contributed by atoms with Gasteiger partial charge in [-0.15, -0.1) is 0 Å². The van der Waals surface area contributed by atoms with E-state index in [9.17, 15) is 9.59 Å². The quantitative estimate of drug-likeness (QED) is 0.539. The van der Waals surface area contributed by atoms with Gasteiger partial charge in [-0.25, -0.2) is 9.78 Å². The second-order valence-corrected chi connectivity index (χ2v) is 7.42. The molecule has 1 aromatic carbocycles. The van der Waals surface area contributed by atoms with Gasteiger partial charge in [0.05, 0.1) is 19.0 Å². The summed E-state index contributed by atoms with van der Waals surface area (Å²) in [6.07, 6.45) is 3.04. The number of nitrogens with zero attached hydrogens (tertiary/aromatic N) is 3. The zero-order valence-electron chi connectivity index (χ0n) is 16.4. The molecule has 0 bridgehead atoms. The third kappa shape index (κ3) is 4.37. The monoisotopic (exact) mass is 415 g/mol. The van der Waals surface area contributed by atoms with Crippen LogP contribution in [0.3, 0.4) is 0 Å². The van der Waals surface area contributed by atoms with Gasteiger partial charge in [0, 0.05) is 17.8 Å². The Morgan fingerprint density at radius 1 is 1.28 bits per heavy atom. The van der Waals surface area contributed by atoms with Crippen molar-refractivity contribution in [1.82, 2.24) is 14.8 Å². The highest BCUT2D eigenvalue weighted by Gasteiger charge is 2.17. The fourth-order valence-corrected chi connectivity index (χ4v) is 3.42. The average molecular weight is 415 g/mol. The minimum Gasteiger partial charge on any atom is -0.496 e. The van der Waals surface area contributed by atoms with Gasteiger partial charge in [-0.3, -0.25) is 9.48 Å². The Morgan fingerprint density at radius 2 is 2.03 bits per heavy atom. The summed E-state index contributed by atoms with van der Waals surface area (Å²) in [7, 11) is 1.59. The van der Waals surface area contributed by atoms with Gasteiger partial charge in [0.25, 0.3) is 5.91 Å². The number of carboxylic acid groups (broad SMARTS) is 1. The van der Waals surface area contributed by atoms with Crippen molar-refractivity contribution in [1.29, 1.82) is 0 Å². The molecular formula is C19H21N5O4S. The van der Waals surface area contributed by atoms with Gasteiger partial charge in [-0.1, -0.05) is 17.4 Å². The lowest BCUT2D eigenvalue weighted by atomic mass is 10.1. The van der Waals surface area contributed by atoms with Crippen molar-refractivity contribution >= 4 is 39.9 Å². The highest BCUT2D eigenvalue weighted by Crippen LogP contribution is 2.30. The smallest absolute Gasteiger partial charge is 0.328 e. The molecule has 152 valence electrons. The lowest BCUT2D eigenvalue weighted by molar-refractivity contribution is -0.140. The Morgan fingerprint density at radius 3 is 2.72 bits per heavy atom. The molecule has 0 saturated carbocycles. The fourth-order valence-electron chi connectivity index (χ4n) is 2.70. The first kappa shape index (κ1) is 20.3. The van der Waals surface area contributed by atoms with Crippen molar-refractivity contribution in [2.75, 3.05) is 17.7 Å². The summed E-state index contributed by atoms with van der Waals surface area (Å²) < 4.78 is 6.65. The summed E-state index contributed by atoms with van der Waals surface area (Å²) in [6, 6.07) is 4.61. The van der Waals surface area contributed by atoms with Crippen molar-refractivity contribution < 1.29 is 19.4 Å². The van der Waals surface area contributed by atoms with Crippen LogP contribution in [0.2, 0.25) is 0 Å². The van der Waals surface area contributed by atoms with Gasteiger partial charge >= 0.3 is 5.97 Å². The predicted octanol–water partition coefficient (Wildman–Crippen LogP) is 3.61. The summed E-state index contributed by atoms with van der Waals surface area (Å²) in [5.41, 5.74) is 2.48. The van der Waals surface area contributed by atoms with E-state index in [4.69, 9.17) is 9.84 Å². The van der Waals surface area contributed by atoms with Crippen LogP contribution in [-0.4, -0.2) is 38.9 Å². The van der Waals surface area contributed by atoms with Crippen molar-refractivity contribution in [2.45, 2.75) is 26.8 Å². The van der Waals surface area contributed by atoms with Crippen LogP contribution in [0, 0.1) is 13.8 Å². The van der Waals surface area contributed by atoms with Crippen LogP contribution < -0.4 is 15.4 Å². The fraction of sp³-hybridized carbons (Fsp3) is 0.263. The number of aromatic nitrogens is 3. The summed E-state index contributed by atoms with van der Waals surface area (Å²) >= 11 is 1.17. The summed E-state index contributed by atoms with van der Waals surface area (Å²) in [4.78, 5) is 28.3. The number of nitrogens with one attached hydrogen (secondary N) is 2. The van der Waals surface area contributed by atoms with Crippen LogP contribution in [-0.2, 0) is 4.79 Å². The molecule has 1 atom stereocenters. The molecule has 3 N–H and O–H groups in total. The number of carbonyl (C=O) groups is 2. The van der Waals surface area contributed by atoms with Crippen LogP contribution in [0.4, 0.5) is 16.6 Å². The summed E-state index contributed by atoms with van der Waals surface area (Å²) in [5.74, 6) is -0.112. The van der Waals surface area contributed by atoms with Crippen LogP contribution in [0.25, 0.3) is 0 Å². The maximum atomic E-state index is 12.7. The molecule has 0 saturated heterocycles. The van der Waals surface area contributed by atoms with Crippen molar-refractivity contribution in [3.8, 4) is 5.75 Å². The zero-order valence-corrected chi connectivity index (χ0v) is 17.2. The lowest BCUT2D eigenvalue weighted by Crippen LogP contribution is -2.16. The molecule has 29 heavy (non-hydrogen) atoms. The van der Waals surface area contributed by atoms with Gasteiger partial charge < -0.3 is 20.5 Å². The Bertz CT molecular complexity index is 1060. The molecule has 0 radical (unpaired) electrons. The number of amides is 1. The van der Waals surface area contributed by atoms with Gasteiger partial charge in [0.1, 0.15) is 16.7 Å². The lowest BCUT2D eigenvalue weighted by Gasteiger charge is -2.14. The van der Waals surface area contributed by atoms with E-state index >= 15 is 0 Å². The second kappa shape index (κ2) is 8.31. The molecule has 0 spiro atoms. The number of anilines is 3. The molecule has 0 aliphatic carbocycles. The molecule has 3 rings (SSSR count). The highest BCUT2D eigenvalue weighted by molar-refractivity contribution is 7.17. The first-order valence-corrected chi connectivity index (χ1v) is 9.58. The maximum absolute atomic E-state index is 12.7. The van der Waals surface area contributed by atoms with Gasteiger partial charge in [-0.2, -0.15) is 5.10 Å². The first-order chi connectivity index (χ1) is 13.8. The number of aliphatic carboxylic acids is 1. The molecule has 3 aromatic rings. The number of carboxylic acids is 1. The van der Waals surface area contributed by atoms with Crippen molar-refractivity contribution in [2.24, 2.45) is 0 Å². The Balaban J connectivity index is 1.72. The minimum atomic E-state index is -0.976. The van der Waals surface area contributed by atoms with Crippen molar-refractivity contribution in [3.63, 3.8) is 0 Å². The maximum Gasteiger partial charge on any atom is 0.328 e. The van der Waals surface area contributed by atoms with Crippen LogP contribution in [0.1, 0.15) is 33.8 Å². The third-order valence-corrected chi connectivity index (χ3v) is 5.32. The molecule has 1 amide bonds. The van der Waals surface area contributed by atoms with E-state index < -0.39 is 12.0 Å². The first-order valence-electron chi connectivity index (χ1n) is 8.76. The number of hydrogen-bond donors (Lipinski definition) is 3. The predicted molar refractivity (Wildman–Crippen MR) is 110 cm³/mol. The van der Waals surface area contributed by atoms with Crippen LogP contribution in [0.15, 0.2) is 30.6 Å². The normalized spacial score (nSPS) is 11.7. The van der Waals surface area contributed by atoms with Gasteiger partial charge in [-0.05, 0) is 32.4 Å². The number of benzene rings is 1. The molecule has 2 aromatic heterocycles. The van der Waals surface area contributed by atoms with E-state index in [0.717, 1.165) is 11.1 Å². The Kier molecular flexibility index (Phi) is 5.83. The van der Waals surface area contributed by atoms with E-state index in [1.54, 1.807) is 19.4 Å². The van der Waals surface area contributed by atoms with Crippen molar-refractivity contribution in [3.05, 3.63) is 46.6 Å². The molecule has 9 nitrogen and oxygen atoms in total. The van der Waals surface area contributed by atoms with Gasteiger partial charge in [0.2, 0.25) is 0 Å². The number of carbonyl (C=O) groups excluding carboxylic acids is 1. The number of rotatable bonds is 7. The van der Waals surface area contributed by atoms with Crippen LogP contribution >= 0.6 is 11.3 Å². The molecular weight excluding hydrogens is 394 g/mol. The summed E-state index contributed by atoms with van der Waals surface area (Å²) in [5, 5.41) is 19.6. The highest BCUT2D eigenvalue weighted by atomic mass is 32.1. The third-order valence-electron chi connectivity index (χ3n) is 4.41. The Hall–Kier alpha value is -3.40. The van der Waals surface area contributed by atoms with E-state index in [0.29, 0.717) is 27.3 Å². The number of aryl methyl sites for hydroxylation is 1. The number of methoxy groups -OCH3 is 1. The number of ether oxygens (including phenoxy) is 1. The molecule has 0 aliphatic heterocycles. The molecule has 0 aliphatic rings. The van der Waals surface area contributed by atoms with E-state index in [1.807, 2.05) is 26.0 Å². The van der Waals surface area contributed by atoms with E-state index in [-0.39, 0.29) is 5.91 Å². The number of thiazole rings is 1. The summed E-state index contributed by atoms with van der Waals surface area (Å²) in [6.45, 7) is 5.33. The van der Waals surface area contributed by atoms with Gasteiger partial charge in [0.15, 0.2) is 10.9 Å². The number of hydrogen-bond acceptors (Lipinski definition) is 7. The second-order valence-electron chi connectivity index (χ2n) is 6.39.